The van der Waals surface area contributed by atoms with E-state index in [2.05, 4.69) is 25.1 Å². The quantitative estimate of drug-likeness (QED) is 0.669. The average molecular weight is 211 g/mol. The van der Waals surface area contributed by atoms with Crippen LogP contribution in [0.4, 0.5) is 0 Å². The molecule has 0 aliphatic heterocycles. The van der Waals surface area contributed by atoms with Crippen molar-refractivity contribution in [2.75, 3.05) is 0 Å². The van der Waals surface area contributed by atoms with E-state index in [0.29, 0.717) is 0 Å². The van der Waals surface area contributed by atoms with Gasteiger partial charge in [-0.25, -0.2) is 0 Å². The lowest BCUT2D eigenvalue weighted by Gasteiger charge is -1.88. The van der Waals surface area contributed by atoms with Crippen LogP contribution < -0.4 is 0 Å². The van der Waals surface area contributed by atoms with E-state index < -0.39 is 12.5 Å². The van der Waals surface area contributed by atoms with Gasteiger partial charge in [-0.05, 0) is 10.4 Å². The van der Waals surface area contributed by atoms with E-state index in [1.54, 1.807) is 0 Å². The lowest BCUT2D eigenvalue weighted by molar-refractivity contribution is -0.138. The van der Waals surface area contributed by atoms with Crippen molar-refractivity contribution in [3.05, 3.63) is 6.07 Å². The molecule has 2 aromatic heterocycles. The van der Waals surface area contributed by atoms with Crippen LogP contribution >= 0.6 is 0 Å². The van der Waals surface area contributed by atoms with E-state index in [-0.39, 0.29) is 17.5 Å². The van der Waals surface area contributed by atoms with E-state index >= 15 is 0 Å². The lowest BCUT2D eigenvalue weighted by Crippen LogP contribution is -2.11. The first-order valence-corrected chi connectivity index (χ1v) is 3.81. The maximum absolute atomic E-state index is 10.3. The van der Waals surface area contributed by atoms with Crippen LogP contribution in [0.1, 0.15) is 0 Å². The second-order valence-corrected chi connectivity index (χ2v) is 2.59. The summed E-state index contributed by atoms with van der Waals surface area (Å²) in [5.41, 5.74) is 0. The zero-order valence-corrected chi connectivity index (χ0v) is 7.23. The van der Waals surface area contributed by atoms with Gasteiger partial charge in [0.15, 0.2) is 6.54 Å². The Labute approximate surface area is 81.9 Å². The van der Waals surface area contributed by atoms with E-state index in [0.717, 1.165) is 4.80 Å². The maximum atomic E-state index is 10.3. The van der Waals surface area contributed by atoms with Gasteiger partial charge >= 0.3 is 5.97 Å². The summed E-state index contributed by atoms with van der Waals surface area (Å²) in [7, 11) is 0. The van der Waals surface area contributed by atoms with Crippen molar-refractivity contribution in [2.24, 2.45) is 0 Å². The predicted octanol–water partition coefficient (Wildman–Crippen LogP) is -0.882. The summed E-state index contributed by atoms with van der Waals surface area (Å²) in [6, 6.07) is 1.20. The van der Waals surface area contributed by atoms with E-state index in [9.17, 15) is 4.79 Å². The number of nitrogens with zero attached hydrogens (tertiary/aromatic N) is 5. The number of carboxylic acid groups (broad SMARTS) is 1. The molecule has 0 fully saturated rings. The third-order valence-electron chi connectivity index (χ3n) is 1.45. The molecular formula is C6H5N5O4. The first-order valence-electron chi connectivity index (χ1n) is 3.81. The number of hydrogen-bond donors (Lipinski definition) is 2. The zero-order chi connectivity index (χ0) is 10.8. The second kappa shape index (κ2) is 3.36. The van der Waals surface area contributed by atoms with Crippen molar-refractivity contribution in [1.82, 2.24) is 25.4 Å². The predicted molar refractivity (Wildman–Crippen MR) is 42.6 cm³/mol. The molecule has 0 aliphatic rings. The number of hydrogen-bond acceptors (Lipinski definition) is 7. The van der Waals surface area contributed by atoms with Crippen molar-refractivity contribution in [2.45, 2.75) is 6.54 Å². The van der Waals surface area contributed by atoms with Crippen molar-refractivity contribution < 1.29 is 19.5 Å². The van der Waals surface area contributed by atoms with Gasteiger partial charge in [0, 0.05) is 0 Å². The Hall–Kier alpha value is -2.45. The van der Waals surface area contributed by atoms with Crippen LogP contribution in [-0.2, 0) is 11.3 Å². The Kier molecular flexibility index (Phi) is 2.04. The minimum absolute atomic E-state index is 0.0593. The van der Waals surface area contributed by atoms with Crippen LogP contribution in [-0.4, -0.2) is 41.5 Å². The average Bonchev–Trinajstić information content (AvgIpc) is 2.72. The SMILES string of the molecule is O=C(O)Cn1nnc(-c2cc(O)no2)n1. The van der Waals surface area contributed by atoms with Crippen molar-refractivity contribution in [3.63, 3.8) is 0 Å². The summed E-state index contributed by atoms with van der Waals surface area (Å²) < 4.78 is 4.64. The fraction of sp³-hybridized carbons (Fsp3) is 0.167. The van der Waals surface area contributed by atoms with Crippen LogP contribution in [0, 0.1) is 0 Å². The van der Waals surface area contributed by atoms with Crippen LogP contribution in [0.15, 0.2) is 10.6 Å². The van der Waals surface area contributed by atoms with Crippen LogP contribution in [0.2, 0.25) is 0 Å². The van der Waals surface area contributed by atoms with Gasteiger partial charge in [0.05, 0.1) is 6.07 Å². The number of aliphatic carboxylic acids is 1. The highest BCUT2D eigenvalue weighted by Crippen LogP contribution is 2.17. The first-order chi connectivity index (χ1) is 7.15. The van der Waals surface area contributed by atoms with Gasteiger partial charge in [-0.15, -0.1) is 10.2 Å². The summed E-state index contributed by atoms with van der Waals surface area (Å²) in [6.45, 7) is -0.396. The minimum atomic E-state index is -1.08. The molecule has 2 heterocycles. The first kappa shape index (κ1) is 9.12. The summed E-state index contributed by atoms with van der Waals surface area (Å²) >= 11 is 0. The number of aromatic nitrogens is 5. The highest BCUT2D eigenvalue weighted by molar-refractivity contribution is 5.66. The molecule has 0 bridgehead atoms. The fourth-order valence-electron chi connectivity index (χ4n) is 0.901. The van der Waals surface area contributed by atoms with Gasteiger partial charge in [0.25, 0.3) is 5.88 Å². The van der Waals surface area contributed by atoms with Gasteiger partial charge in [0.1, 0.15) is 0 Å². The normalized spacial score (nSPS) is 10.4. The number of carboxylic acids is 1. The highest BCUT2D eigenvalue weighted by atomic mass is 16.5. The number of rotatable bonds is 3. The van der Waals surface area contributed by atoms with Crippen LogP contribution in [0.5, 0.6) is 5.88 Å². The molecule has 9 nitrogen and oxygen atoms in total. The topological polar surface area (TPSA) is 127 Å². The van der Waals surface area contributed by atoms with Gasteiger partial charge < -0.3 is 14.7 Å². The zero-order valence-electron chi connectivity index (χ0n) is 7.23. The van der Waals surface area contributed by atoms with E-state index in [4.69, 9.17) is 10.2 Å². The molecule has 0 atom stereocenters. The number of aromatic hydroxyl groups is 1. The monoisotopic (exact) mass is 211 g/mol. The van der Waals surface area contributed by atoms with Crippen molar-refractivity contribution in [1.29, 1.82) is 0 Å². The second-order valence-electron chi connectivity index (χ2n) is 2.59. The highest BCUT2D eigenvalue weighted by Gasteiger charge is 2.12. The molecule has 0 aromatic carbocycles. The van der Waals surface area contributed by atoms with Crippen LogP contribution in [0.3, 0.4) is 0 Å². The molecule has 2 N–H and O–H groups in total. The summed E-state index contributed by atoms with van der Waals surface area (Å²) in [6.07, 6.45) is 0. The van der Waals surface area contributed by atoms with Gasteiger partial charge in [-0.2, -0.15) is 4.80 Å². The van der Waals surface area contributed by atoms with Crippen molar-refractivity contribution >= 4 is 5.97 Å². The molecule has 0 saturated carbocycles. The van der Waals surface area contributed by atoms with Gasteiger partial charge in [-0.1, -0.05) is 0 Å². The van der Waals surface area contributed by atoms with Crippen molar-refractivity contribution in [3.8, 4) is 17.5 Å². The fourth-order valence-corrected chi connectivity index (χ4v) is 0.901. The molecule has 78 valence electrons. The standard InChI is InChI=1S/C6H5N5O4/c12-4-1-3(15-9-4)6-7-10-11(8-6)2-5(13)14/h1H,2H2,(H,9,12)(H,13,14). The Morgan fingerprint density at radius 1 is 1.60 bits per heavy atom. The van der Waals surface area contributed by atoms with Crippen LogP contribution in [0.25, 0.3) is 11.6 Å². The molecule has 0 amide bonds. The summed E-state index contributed by atoms with van der Waals surface area (Å²) in [4.78, 5) is 11.2. The Morgan fingerprint density at radius 3 is 3.00 bits per heavy atom. The molecule has 0 radical (unpaired) electrons. The maximum Gasteiger partial charge on any atom is 0.327 e. The van der Waals surface area contributed by atoms with E-state index in [1.165, 1.54) is 6.07 Å². The Balaban J connectivity index is 2.23. The molecule has 0 unspecified atom stereocenters. The van der Waals surface area contributed by atoms with Gasteiger partial charge in [-0.3, -0.25) is 4.79 Å². The molecule has 15 heavy (non-hydrogen) atoms. The summed E-state index contributed by atoms with van der Waals surface area (Å²) in [5, 5.41) is 31.2. The molecule has 9 heteroatoms. The minimum Gasteiger partial charge on any atom is -0.491 e. The number of carbonyl (C=O) groups is 1. The third kappa shape index (κ3) is 1.90. The van der Waals surface area contributed by atoms with Gasteiger partial charge in [0.2, 0.25) is 11.6 Å². The molecular weight excluding hydrogens is 206 g/mol. The molecule has 0 spiro atoms. The lowest BCUT2D eigenvalue weighted by atomic mass is 10.4. The molecule has 2 aromatic rings. The summed E-state index contributed by atoms with van der Waals surface area (Å²) in [5.74, 6) is -1.22. The smallest absolute Gasteiger partial charge is 0.327 e. The number of tetrazole rings is 1. The molecule has 0 aliphatic carbocycles. The molecule has 0 saturated heterocycles. The largest absolute Gasteiger partial charge is 0.491 e. The molecule has 2 rings (SSSR count). The Morgan fingerprint density at radius 2 is 2.40 bits per heavy atom. The van der Waals surface area contributed by atoms with E-state index in [1.807, 2.05) is 0 Å². The third-order valence-corrected chi connectivity index (χ3v) is 1.45. The Bertz CT molecular complexity index is 489.